The molecule has 1 atom stereocenters. The summed E-state index contributed by atoms with van der Waals surface area (Å²) in [4.78, 5) is 17.6. The molecule has 0 saturated heterocycles. The van der Waals surface area contributed by atoms with Crippen molar-refractivity contribution >= 4 is 28.9 Å². The Morgan fingerprint density at radius 3 is 2.88 bits per heavy atom. The van der Waals surface area contributed by atoms with Crippen LogP contribution >= 0.6 is 0 Å². The lowest BCUT2D eigenvalue weighted by molar-refractivity contribution is 0.171. The summed E-state index contributed by atoms with van der Waals surface area (Å²) in [6, 6.07) is 4.92. The second-order valence-electron chi connectivity index (χ2n) is 7.28. The molecule has 32 heavy (non-hydrogen) atoms. The SMILES string of the molecule is CON=C1C2=C(OCC2)C(=Nc2nc(Nc3ccc4c(c3)OCCO4)ncc2F)CC1N. The number of fused-ring (bicyclic) bond motifs is 1. The minimum absolute atomic E-state index is 0.114. The quantitative estimate of drug-likeness (QED) is 0.695. The van der Waals surface area contributed by atoms with Crippen LogP contribution in [-0.2, 0) is 9.57 Å². The highest BCUT2D eigenvalue weighted by Gasteiger charge is 2.35. The average molecular weight is 440 g/mol. The summed E-state index contributed by atoms with van der Waals surface area (Å²) >= 11 is 0. The molecule has 3 heterocycles. The van der Waals surface area contributed by atoms with E-state index in [1.807, 2.05) is 0 Å². The van der Waals surface area contributed by atoms with E-state index in [-0.39, 0.29) is 11.8 Å². The Balaban J connectivity index is 1.44. The van der Waals surface area contributed by atoms with Gasteiger partial charge in [0, 0.05) is 30.2 Å². The molecule has 0 spiro atoms. The zero-order valence-corrected chi connectivity index (χ0v) is 17.3. The fraction of sp³-hybridized carbons (Fsp3) is 0.333. The molecule has 2 aliphatic heterocycles. The van der Waals surface area contributed by atoms with Gasteiger partial charge < -0.3 is 30.1 Å². The van der Waals surface area contributed by atoms with Crippen LogP contribution in [-0.4, -0.2) is 54.4 Å². The molecule has 5 rings (SSSR count). The molecule has 10 nitrogen and oxygen atoms in total. The molecule has 1 aromatic heterocycles. The Bertz CT molecular complexity index is 1150. The van der Waals surface area contributed by atoms with Gasteiger partial charge in [0.25, 0.3) is 0 Å². The van der Waals surface area contributed by atoms with Crippen molar-refractivity contribution in [3.63, 3.8) is 0 Å². The van der Waals surface area contributed by atoms with Gasteiger partial charge in [0.15, 0.2) is 23.1 Å². The lowest BCUT2D eigenvalue weighted by Crippen LogP contribution is -2.38. The molecule has 1 aromatic carbocycles. The Labute approximate surface area is 182 Å². The number of anilines is 2. The van der Waals surface area contributed by atoms with Crippen molar-refractivity contribution in [1.29, 1.82) is 0 Å². The molecule has 3 N–H and O–H groups in total. The maximum atomic E-state index is 14.5. The standard InChI is InChI=1S/C21H21FN6O4/c1-29-28-18-12-4-5-32-19(12)15(9-14(18)23)26-20-13(22)10-24-21(27-20)25-11-2-3-16-17(8-11)31-7-6-30-16/h2-3,8,10,14H,4-7,9,23H2,1H3,(H,24,25,27). The summed E-state index contributed by atoms with van der Waals surface area (Å²) < 4.78 is 31.3. The predicted octanol–water partition coefficient (Wildman–Crippen LogP) is 2.61. The molecule has 0 fully saturated rings. The third kappa shape index (κ3) is 3.82. The Morgan fingerprint density at radius 1 is 1.19 bits per heavy atom. The topological polar surface area (TPSA) is 125 Å². The van der Waals surface area contributed by atoms with E-state index < -0.39 is 11.9 Å². The smallest absolute Gasteiger partial charge is 0.229 e. The number of aliphatic imine (C=N–C) groups is 1. The molecule has 1 unspecified atom stereocenters. The lowest BCUT2D eigenvalue weighted by Gasteiger charge is -2.22. The van der Waals surface area contributed by atoms with Crippen LogP contribution in [0.15, 0.2) is 45.9 Å². The van der Waals surface area contributed by atoms with E-state index in [0.717, 1.165) is 11.8 Å². The van der Waals surface area contributed by atoms with Crippen LogP contribution in [0.5, 0.6) is 11.5 Å². The normalized spacial score (nSPS) is 22.0. The molecular formula is C21H21FN6O4. The van der Waals surface area contributed by atoms with Crippen molar-refractivity contribution in [2.75, 3.05) is 32.2 Å². The van der Waals surface area contributed by atoms with Crippen LogP contribution < -0.4 is 20.5 Å². The third-order valence-corrected chi connectivity index (χ3v) is 5.16. The van der Waals surface area contributed by atoms with E-state index >= 15 is 0 Å². The highest BCUT2D eigenvalue weighted by molar-refractivity contribution is 6.18. The van der Waals surface area contributed by atoms with Crippen molar-refractivity contribution in [3.05, 3.63) is 41.5 Å². The van der Waals surface area contributed by atoms with Gasteiger partial charge in [-0.1, -0.05) is 5.16 Å². The zero-order chi connectivity index (χ0) is 22.1. The van der Waals surface area contributed by atoms with E-state index in [4.69, 9.17) is 24.8 Å². The largest absolute Gasteiger partial charge is 0.491 e. The number of hydrogen-bond donors (Lipinski definition) is 2. The Hall–Kier alpha value is -3.73. The first-order valence-corrected chi connectivity index (χ1v) is 10.1. The first kappa shape index (κ1) is 20.2. The van der Waals surface area contributed by atoms with Crippen molar-refractivity contribution in [1.82, 2.24) is 9.97 Å². The minimum atomic E-state index is -0.657. The minimum Gasteiger partial charge on any atom is -0.491 e. The van der Waals surface area contributed by atoms with Gasteiger partial charge >= 0.3 is 0 Å². The summed E-state index contributed by atoms with van der Waals surface area (Å²) in [5, 5.41) is 7.07. The lowest BCUT2D eigenvalue weighted by atomic mass is 9.89. The number of nitrogens with one attached hydrogen (secondary N) is 1. The van der Waals surface area contributed by atoms with E-state index in [0.29, 0.717) is 67.0 Å². The summed E-state index contributed by atoms with van der Waals surface area (Å²) in [6.07, 6.45) is 2.01. The first-order valence-electron chi connectivity index (χ1n) is 10.1. The van der Waals surface area contributed by atoms with Crippen LogP contribution in [0, 0.1) is 5.82 Å². The predicted molar refractivity (Wildman–Crippen MR) is 114 cm³/mol. The van der Waals surface area contributed by atoms with Crippen molar-refractivity contribution in [3.8, 4) is 11.5 Å². The zero-order valence-electron chi connectivity index (χ0n) is 17.3. The van der Waals surface area contributed by atoms with Crippen molar-refractivity contribution in [2.45, 2.75) is 18.9 Å². The number of rotatable bonds is 4. The maximum absolute atomic E-state index is 14.5. The Kier molecular flexibility index (Phi) is 5.31. The molecule has 166 valence electrons. The van der Waals surface area contributed by atoms with E-state index in [9.17, 15) is 4.39 Å². The third-order valence-electron chi connectivity index (χ3n) is 5.16. The van der Waals surface area contributed by atoms with Gasteiger partial charge in [-0.05, 0) is 12.1 Å². The maximum Gasteiger partial charge on any atom is 0.229 e. The Morgan fingerprint density at radius 2 is 2.03 bits per heavy atom. The number of allylic oxidation sites excluding steroid dienone is 1. The molecule has 0 amide bonds. The summed E-state index contributed by atoms with van der Waals surface area (Å²) in [5.41, 5.74) is 8.89. The van der Waals surface area contributed by atoms with Crippen molar-refractivity contribution in [2.24, 2.45) is 15.9 Å². The van der Waals surface area contributed by atoms with Crippen LogP contribution in [0.1, 0.15) is 12.8 Å². The summed E-state index contributed by atoms with van der Waals surface area (Å²) in [5.74, 6) is 1.26. The molecule has 1 aliphatic carbocycles. The van der Waals surface area contributed by atoms with Crippen LogP contribution in [0.3, 0.4) is 0 Å². The van der Waals surface area contributed by atoms with Gasteiger partial charge in [-0.2, -0.15) is 4.98 Å². The van der Waals surface area contributed by atoms with Crippen LogP contribution in [0.4, 0.5) is 21.8 Å². The fourth-order valence-corrected chi connectivity index (χ4v) is 3.77. The molecule has 0 bridgehead atoms. The number of hydrogen-bond acceptors (Lipinski definition) is 10. The number of aromatic nitrogens is 2. The van der Waals surface area contributed by atoms with E-state index in [1.165, 1.54) is 7.11 Å². The van der Waals surface area contributed by atoms with Gasteiger partial charge in [-0.25, -0.2) is 14.4 Å². The molecule has 3 aliphatic rings. The highest BCUT2D eigenvalue weighted by Crippen LogP contribution is 2.34. The van der Waals surface area contributed by atoms with Crippen molar-refractivity contribution < 1.29 is 23.4 Å². The second-order valence-corrected chi connectivity index (χ2v) is 7.28. The van der Waals surface area contributed by atoms with E-state index in [2.05, 4.69) is 25.4 Å². The van der Waals surface area contributed by atoms with Crippen LogP contribution in [0.2, 0.25) is 0 Å². The number of nitrogens with zero attached hydrogens (tertiary/aromatic N) is 4. The van der Waals surface area contributed by atoms with Gasteiger partial charge in [-0.3, -0.25) is 0 Å². The molecule has 2 aromatic rings. The van der Waals surface area contributed by atoms with Crippen LogP contribution in [0.25, 0.3) is 0 Å². The molecule has 11 heteroatoms. The molecular weight excluding hydrogens is 419 g/mol. The number of ether oxygens (including phenoxy) is 3. The van der Waals surface area contributed by atoms with Gasteiger partial charge in [0.05, 0.1) is 24.6 Å². The summed E-state index contributed by atoms with van der Waals surface area (Å²) in [6.45, 7) is 1.46. The average Bonchev–Trinajstić information content (AvgIpc) is 3.29. The van der Waals surface area contributed by atoms with Gasteiger partial charge in [0.1, 0.15) is 31.8 Å². The molecule has 0 radical (unpaired) electrons. The summed E-state index contributed by atoms with van der Waals surface area (Å²) in [7, 11) is 1.46. The first-order chi connectivity index (χ1) is 15.6. The van der Waals surface area contributed by atoms with Gasteiger partial charge in [0.2, 0.25) is 5.95 Å². The fourth-order valence-electron chi connectivity index (χ4n) is 3.77. The van der Waals surface area contributed by atoms with E-state index in [1.54, 1.807) is 18.2 Å². The number of halogens is 1. The number of nitrogens with two attached hydrogens (primary N) is 1. The number of benzene rings is 1. The highest BCUT2D eigenvalue weighted by atomic mass is 19.1. The van der Waals surface area contributed by atoms with Gasteiger partial charge in [-0.15, -0.1) is 0 Å². The number of oxime groups is 1. The monoisotopic (exact) mass is 440 g/mol. The second kappa shape index (κ2) is 8.42. The molecule has 0 saturated carbocycles.